The highest BCUT2D eigenvalue weighted by Gasteiger charge is 2.64. The smallest absolute Gasteiger partial charge is 0.302 e. The van der Waals surface area contributed by atoms with Crippen LogP contribution < -0.4 is 0 Å². The first kappa shape index (κ1) is 30.1. The minimum absolute atomic E-state index is 0.0687. The molecule has 0 saturated heterocycles. The SMILES string of the molecule is CC(=O)O[C@@H]1C[C@H]2[C@@H](CC[C@H]3C[C@@H](C(C)=O)CC[C@@]32C)[C@@H]2CC[C@H](/C(C)=C/C=C(c3ccccc3)c3ccccc3)[C@@]12C. The number of fused-ring (bicyclic) bond motifs is 5. The lowest BCUT2D eigenvalue weighted by Crippen LogP contribution is -2.59. The lowest BCUT2D eigenvalue weighted by Gasteiger charge is -2.62. The second-order valence-corrected chi connectivity index (χ2v) is 14.8. The van der Waals surface area contributed by atoms with E-state index in [9.17, 15) is 9.59 Å². The van der Waals surface area contributed by atoms with E-state index in [1.807, 2.05) is 0 Å². The van der Waals surface area contributed by atoms with Gasteiger partial charge in [-0.1, -0.05) is 92.2 Å². The molecule has 4 saturated carbocycles. The van der Waals surface area contributed by atoms with Gasteiger partial charge in [-0.2, -0.15) is 0 Å². The molecule has 0 N–H and O–H groups in total. The van der Waals surface area contributed by atoms with Crippen LogP contribution in [0.15, 0.2) is 78.4 Å². The molecule has 2 aromatic carbocycles. The van der Waals surface area contributed by atoms with Gasteiger partial charge < -0.3 is 4.74 Å². The molecule has 0 radical (unpaired) electrons. The topological polar surface area (TPSA) is 43.4 Å². The van der Waals surface area contributed by atoms with Crippen molar-refractivity contribution in [2.45, 2.75) is 92.1 Å². The third-order valence-corrected chi connectivity index (χ3v) is 12.9. The number of carbonyl (C=O) groups excluding carboxylic acids is 2. The Morgan fingerprint density at radius 1 is 0.767 bits per heavy atom. The van der Waals surface area contributed by atoms with Crippen LogP contribution in [0.25, 0.3) is 5.57 Å². The Hall–Kier alpha value is -2.94. The summed E-state index contributed by atoms with van der Waals surface area (Å²) in [5, 5.41) is 0. The van der Waals surface area contributed by atoms with Crippen LogP contribution in [0.2, 0.25) is 0 Å². The summed E-state index contributed by atoms with van der Waals surface area (Å²) in [6.07, 6.45) is 13.6. The van der Waals surface area contributed by atoms with E-state index >= 15 is 0 Å². The van der Waals surface area contributed by atoms with Crippen LogP contribution in [0.1, 0.15) is 97.1 Å². The Balaban J connectivity index is 1.33. The zero-order valence-electron chi connectivity index (χ0n) is 26.9. The number of rotatable bonds is 6. The van der Waals surface area contributed by atoms with Gasteiger partial charge in [0.1, 0.15) is 11.9 Å². The number of carbonyl (C=O) groups is 2. The van der Waals surface area contributed by atoms with Crippen molar-refractivity contribution in [3.8, 4) is 0 Å². The number of hydrogen-bond donors (Lipinski definition) is 0. The van der Waals surface area contributed by atoms with E-state index < -0.39 is 0 Å². The van der Waals surface area contributed by atoms with Crippen LogP contribution in [-0.4, -0.2) is 17.9 Å². The molecule has 3 heteroatoms. The summed E-state index contributed by atoms with van der Waals surface area (Å²) in [4.78, 5) is 24.9. The zero-order valence-corrected chi connectivity index (χ0v) is 26.9. The first-order chi connectivity index (χ1) is 20.6. The molecule has 0 unspecified atom stereocenters. The van der Waals surface area contributed by atoms with Gasteiger partial charge in [-0.25, -0.2) is 0 Å². The predicted octanol–water partition coefficient (Wildman–Crippen LogP) is 9.47. The third kappa shape index (κ3) is 5.36. The molecule has 228 valence electrons. The van der Waals surface area contributed by atoms with Gasteiger partial charge in [0, 0.05) is 18.3 Å². The molecule has 2 aromatic rings. The molecule has 6 rings (SSSR count). The second kappa shape index (κ2) is 11.9. The van der Waals surface area contributed by atoms with Gasteiger partial charge in [-0.05, 0) is 117 Å². The number of ketones is 1. The van der Waals surface area contributed by atoms with Gasteiger partial charge in [0.2, 0.25) is 0 Å². The summed E-state index contributed by atoms with van der Waals surface area (Å²) < 4.78 is 6.35. The van der Waals surface area contributed by atoms with Gasteiger partial charge >= 0.3 is 5.97 Å². The Bertz CT molecular complexity index is 1350. The number of hydrogen-bond acceptors (Lipinski definition) is 3. The number of allylic oxidation sites excluding steroid dienone is 3. The first-order valence-corrected chi connectivity index (χ1v) is 16.8. The molecular formula is C40H50O3. The molecule has 0 spiro atoms. The van der Waals surface area contributed by atoms with Crippen LogP contribution >= 0.6 is 0 Å². The summed E-state index contributed by atoms with van der Waals surface area (Å²) in [5.74, 6) is 3.24. The van der Waals surface area contributed by atoms with Crippen LogP contribution in [0, 0.1) is 46.3 Å². The quantitative estimate of drug-likeness (QED) is 0.253. The average molecular weight is 579 g/mol. The van der Waals surface area contributed by atoms with Crippen molar-refractivity contribution in [1.82, 2.24) is 0 Å². The van der Waals surface area contributed by atoms with Crippen molar-refractivity contribution >= 4 is 17.3 Å². The monoisotopic (exact) mass is 578 g/mol. The normalized spacial score (nSPS) is 37.0. The highest BCUT2D eigenvalue weighted by atomic mass is 16.5. The number of benzene rings is 2. The van der Waals surface area contributed by atoms with Gasteiger partial charge in [0.05, 0.1) is 0 Å². The lowest BCUT2D eigenvalue weighted by atomic mass is 9.43. The van der Waals surface area contributed by atoms with Crippen molar-refractivity contribution in [2.75, 3.05) is 0 Å². The maximum atomic E-state index is 12.6. The van der Waals surface area contributed by atoms with Crippen LogP contribution in [0.4, 0.5) is 0 Å². The minimum atomic E-state index is -0.149. The third-order valence-electron chi connectivity index (χ3n) is 12.9. The maximum Gasteiger partial charge on any atom is 0.302 e. The molecule has 0 aliphatic heterocycles. The van der Waals surface area contributed by atoms with Gasteiger partial charge in [-0.15, -0.1) is 0 Å². The molecule has 0 heterocycles. The predicted molar refractivity (Wildman–Crippen MR) is 174 cm³/mol. The summed E-state index contributed by atoms with van der Waals surface area (Å²) in [6, 6.07) is 21.3. The molecule has 4 fully saturated rings. The van der Waals surface area contributed by atoms with E-state index in [-0.39, 0.29) is 28.8 Å². The van der Waals surface area contributed by atoms with E-state index in [1.54, 1.807) is 13.8 Å². The fourth-order valence-electron chi connectivity index (χ4n) is 10.6. The van der Waals surface area contributed by atoms with Crippen molar-refractivity contribution in [1.29, 1.82) is 0 Å². The molecule has 0 aromatic heterocycles. The average Bonchev–Trinajstić information content (AvgIpc) is 3.36. The number of ether oxygens (including phenoxy) is 1. The second-order valence-electron chi connectivity index (χ2n) is 14.8. The molecule has 3 nitrogen and oxygen atoms in total. The Morgan fingerprint density at radius 3 is 2.02 bits per heavy atom. The molecule has 0 amide bonds. The molecule has 0 bridgehead atoms. The van der Waals surface area contributed by atoms with Crippen LogP contribution in [0.3, 0.4) is 0 Å². The van der Waals surface area contributed by atoms with E-state index in [4.69, 9.17) is 4.74 Å². The van der Waals surface area contributed by atoms with Crippen molar-refractivity contribution < 1.29 is 14.3 Å². The first-order valence-electron chi connectivity index (χ1n) is 16.8. The zero-order chi connectivity index (χ0) is 30.4. The molecule has 43 heavy (non-hydrogen) atoms. The van der Waals surface area contributed by atoms with E-state index in [2.05, 4.69) is 93.6 Å². The van der Waals surface area contributed by atoms with Crippen molar-refractivity contribution in [2.24, 2.45) is 46.3 Å². The summed E-state index contributed by atoms with van der Waals surface area (Å²) in [7, 11) is 0. The van der Waals surface area contributed by atoms with Gasteiger partial charge in [-0.3, -0.25) is 9.59 Å². The lowest BCUT2D eigenvalue weighted by molar-refractivity contribution is -0.190. The van der Waals surface area contributed by atoms with Crippen LogP contribution in [0.5, 0.6) is 0 Å². The molecule has 4 aliphatic carbocycles. The molecule has 9 atom stereocenters. The molecule has 4 aliphatic rings. The van der Waals surface area contributed by atoms with Gasteiger partial charge in [0.15, 0.2) is 0 Å². The number of Topliss-reactive ketones (excluding diaryl/α,β-unsaturated/α-hetero) is 1. The van der Waals surface area contributed by atoms with E-state index in [1.165, 1.54) is 41.5 Å². The minimum Gasteiger partial charge on any atom is -0.462 e. The highest BCUT2D eigenvalue weighted by Crippen LogP contribution is 2.69. The van der Waals surface area contributed by atoms with Gasteiger partial charge in [0.25, 0.3) is 0 Å². The maximum absolute atomic E-state index is 12.6. The van der Waals surface area contributed by atoms with Crippen molar-refractivity contribution in [3.05, 3.63) is 89.5 Å². The fourth-order valence-corrected chi connectivity index (χ4v) is 10.6. The van der Waals surface area contributed by atoms with Crippen LogP contribution in [-0.2, 0) is 14.3 Å². The number of esters is 1. The Kier molecular flexibility index (Phi) is 8.31. The fraction of sp³-hybridized carbons (Fsp3) is 0.550. The van der Waals surface area contributed by atoms with E-state index in [0.29, 0.717) is 35.4 Å². The Morgan fingerprint density at radius 2 is 1.42 bits per heavy atom. The molecular weight excluding hydrogens is 528 g/mol. The summed E-state index contributed by atoms with van der Waals surface area (Å²) >= 11 is 0. The standard InChI is InChI=1S/C40H50O3/c1-26(16-18-33(29-12-8-6-9-13-29)30-14-10-7-11-15-30)35-20-21-36-34-19-17-32-24-31(27(2)41)22-23-39(32,4)37(34)25-38(40(35,36)5)43-28(3)42/h6-16,18,31-32,34-38H,17,19-25H2,1-5H3/b26-16+/t31-,32-,34-,35+,36-,37-,38+,39-,40+/m0/s1. The summed E-state index contributed by atoms with van der Waals surface area (Å²) in [5.41, 5.74) is 5.23. The van der Waals surface area contributed by atoms with Crippen molar-refractivity contribution in [3.63, 3.8) is 0 Å². The Labute approximate surface area is 259 Å². The highest BCUT2D eigenvalue weighted by molar-refractivity contribution is 5.81. The van der Waals surface area contributed by atoms with E-state index in [0.717, 1.165) is 32.1 Å². The summed E-state index contributed by atoms with van der Waals surface area (Å²) in [6.45, 7) is 10.7. The largest absolute Gasteiger partial charge is 0.462 e.